The number of ether oxygens (including phenoxy) is 1. The van der Waals surface area contributed by atoms with Crippen molar-refractivity contribution in [2.24, 2.45) is 7.05 Å². The molecule has 0 unspecified atom stereocenters. The minimum absolute atomic E-state index is 0.254. The van der Waals surface area contributed by atoms with E-state index in [1.165, 1.54) is 0 Å². The second-order valence-electron chi connectivity index (χ2n) is 5.72. The number of aromatic nitrogens is 4. The average Bonchev–Trinajstić information content (AvgIpc) is 2.95. The van der Waals surface area contributed by atoms with Gasteiger partial charge in [0.1, 0.15) is 17.2 Å². The second kappa shape index (κ2) is 7.17. The van der Waals surface area contributed by atoms with Gasteiger partial charge in [-0.1, -0.05) is 0 Å². The fourth-order valence-corrected chi connectivity index (χ4v) is 3.04. The maximum Gasteiger partial charge on any atom is 0.143 e. The van der Waals surface area contributed by atoms with Gasteiger partial charge in [-0.15, -0.1) is 0 Å². The molecule has 4 heterocycles. The van der Waals surface area contributed by atoms with Gasteiger partial charge in [0.15, 0.2) is 0 Å². The molecule has 0 atom stereocenters. The molecular formula is C18H16FN5OS. The van der Waals surface area contributed by atoms with Crippen LogP contribution in [-0.4, -0.2) is 31.9 Å². The Bertz CT molecular complexity index is 1070. The lowest BCUT2D eigenvalue weighted by Gasteiger charge is -2.08. The van der Waals surface area contributed by atoms with Gasteiger partial charge in [0.05, 0.1) is 36.0 Å². The van der Waals surface area contributed by atoms with E-state index >= 15 is 0 Å². The molecule has 0 saturated carbocycles. The summed E-state index contributed by atoms with van der Waals surface area (Å²) in [5, 5.41) is 5.37. The first-order valence-electron chi connectivity index (χ1n) is 8.04. The molecule has 4 aromatic rings. The number of rotatable bonds is 6. The van der Waals surface area contributed by atoms with Crippen molar-refractivity contribution in [2.75, 3.05) is 17.7 Å². The molecule has 0 aliphatic heterocycles. The van der Waals surface area contributed by atoms with Crippen molar-refractivity contribution < 1.29 is 8.62 Å². The lowest BCUT2D eigenvalue weighted by Crippen LogP contribution is -2.01. The van der Waals surface area contributed by atoms with E-state index in [1.807, 2.05) is 42.1 Å². The Kier molecular flexibility index (Phi) is 4.57. The molecule has 0 amide bonds. The zero-order valence-electron chi connectivity index (χ0n) is 14.0. The van der Waals surface area contributed by atoms with Crippen LogP contribution in [-0.2, 0) is 7.05 Å². The van der Waals surface area contributed by atoms with Crippen LogP contribution in [0.2, 0.25) is 0 Å². The summed E-state index contributed by atoms with van der Waals surface area (Å²) in [4.78, 5) is 13.1. The van der Waals surface area contributed by atoms with Gasteiger partial charge < -0.3 is 14.6 Å². The number of halogens is 1. The Morgan fingerprint density at radius 3 is 2.96 bits per heavy atom. The van der Waals surface area contributed by atoms with E-state index in [2.05, 4.69) is 15.3 Å². The highest BCUT2D eigenvalue weighted by Crippen LogP contribution is 2.28. The Hall–Kier alpha value is -2.87. The van der Waals surface area contributed by atoms with E-state index in [1.54, 1.807) is 18.6 Å². The largest absolute Gasteiger partial charge is 0.491 e. The smallest absolute Gasteiger partial charge is 0.143 e. The molecule has 4 rings (SSSR count). The Morgan fingerprint density at radius 2 is 2.08 bits per heavy atom. The van der Waals surface area contributed by atoms with Crippen LogP contribution >= 0.6 is 12.1 Å². The zero-order valence-corrected chi connectivity index (χ0v) is 14.8. The monoisotopic (exact) mass is 369 g/mol. The van der Waals surface area contributed by atoms with Crippen LogP contribution in [0.5, 0.6) is 5.75 Å². The van der Waals surface area contributed by atoms with Crippen LogP contribution < -0.4 is 10.1 Å². The first-order chi connectivity index (χ1) is 12.8. The molecule has 8 heteroatoms. The van der Waals surface area contributed by atoms with Crippen LogP contribution in [0.15, 0.2) is 49.1 Å². The highest BCUT2D eigenvalue weighted by molar-refractivity contribution is 7.94. The summed E-state index contributed by atoms with van der Waals surface area (Å²) in [5.41, 5.74) is 2.71. The number of pyridine rings is 3. The number of anilines is 2. The van der Waals surface area contributed by atoms with Crippen LogP contribution in [0.3, 0.4) is 0 Å². The highest BCUT2D eigenvalue weighted by atomic mass is 32.2. The third kappa shape index (κ3) is 3.15. The van der Waals surface area contributed by atoms with E-state index in [0.717, 1.165) is 27.6 Å². The van der Waals surface area contributed by atoms with Gasteiger partial charge in [-0.2, -0.15) is 3.89 Å². The van der Waals surface area contributed by atoms with Gasteiger partial charge in [-0.25, -0.2) is 4.98 Å². The van der Waals surface area contributed by atoms with Crippen molar-refractivity contribution in [1.82, 2.24) is 19.5 Å². The molecule has 1 N–H and O–H groups in total. The molecule has 0 aliphatic carbocycles. The number of nitrogens with zero attached hydrogens (tertiary/aromatic N) is 4. The molecule has 0 aliphatic rings. The fourth-order valence-electron chi connectivity index (χ4n) is 2.89. The first kappa shape index (κ1) is 16.6. The van der Waals surface area contributed by atoms with Gasteiger partial charge >= 0.3 is 0 Å². The summed E-state index contributed by atoms with van der Waals surface area (Å²) in [7, 11) is 1.99. The lowest BCUT2D eigenvalue weighted by molar-refractivity contribution is 0.342. The SMILES string of the molecule is Cn1c2ccncc2c2ccc(Nc3cncc(OCCSF)c3)nc21. The van der Waals surface area contributed by atoms with E-state index < -0.39 is 0 Å². The number of fused-ring (bicyclic) bond motifs is 3. The number of hydrogen-bond acceptors (Lipinski definition) is 6. The molecule has 132 valence electrons. The first-order valence-corrected chi connectivity index (χ1v) is 8.92. The van der Waals surface area contributed by atoms with Crippen molar-refractivity contribution in [1.29, 1.82) is 0 Å². The summed E-state index contributed by atoms with van der Waals surface area (Å²) in [6.45, 7) is 0.292. The third-order valence-electron chi connectivity index (χ3n) is 4.06. The van der Waals surface area contributed by atoms with E-state index in [0.29, 0.717) is 18.2 Å². The topological polar surface area (TPSA) is 64.9 Å². The molecule has 0 fully saturated rings. The predicted octanol–water partition coefficient (Wildman–Crippen LogP) is 4.26. The minimum Gasteiger partial charge on any atom is -0.491 e. The molecule has 0 radical (unpaired) electrons. The predicted molar refractivity (Wildman–Crippen MR) is 103 cm³/mol. The lowest BCUT2D eigenvalue weighted by atomic mass is 10.2. The molecule has 0 spiro atoms. The second-order valence-corrected chi connectivity index (χ2v) is 6.34. The van der Waals surface area contributed by atoms with Crippen LogP contribution in [0, 0.1) is 0 Å². The third-order valence-corrected chi connectivity index (χ3v) is 4.38. The van der Waals surface area contributed by atoms with Gasteiger partial charge in [0.2, 0.25) is 0 Å². The van der Waals surface area contributed by atoms with Crippen LogP contribution in [0.25, 0.3) is 21.9 Å². The zero-order chi connectivity index (χ0) is 17.9. The van der Waals surface area contributed by atoms with Crippen molar-refractivity contribution in [3.8, 4) is 5.75 Å². The minimum atomic E-state index is 0.254. The number of hydrogen-bond donors (Lipinski definition) is 1. The van der Waals surface area contributed by atoms with Crippen LogP contribution in [0.4, 0.5) is 15.4 Å². The van der Waals surface area contributed by atoms with E-state index in [9.17, 15) is 3.89 Å². The average molecular weight is 369 g/mol. The van der Waals surface area contributed by atoms with Crippen molar-refractivity contribution in [2.45, 2.75) is 0 Å². The summed E-state index contributed by atoms with van der Waals surface area (Å²) in [6, 6.07) is 7.74. The molecule has 4 aromatic heterocycles. The van der Waals surface area contributed by atoms with E-state index in [-0.39, 0.29) is 17.9 Å². The van der Waals surface area contributed by atoms with Crippen molar-refractivity contribution >= 4 is 45.6 Å². The van der Waals surface area contributed by atoms with Crippen molar-refractivity contribution in [3.63, 3.8) is 0 Å². The summed E-state index contributed by atoms with van der Waals surface area (Å²) >= 11 is 0.254. The number of aryl methyl sites for hydroxylation is 1. The molecule has 0 aromatic carbocycles. The van der Waals surface area contributed by atoms with Crippen LogP contribution in [0.1, 0.15) is 0 Å². The maximum atomic E-state index is 12.1. The normalized spacial score (nSPS) is 11.2. The summed E-state index contributed by atoms with van der Waals surface area (Å²) in [6.07, 6.45) is 6.92. The Labute approximate surface area is 153 Å². The Balaban J connectivity index is 1.62. The van der Waals surface area contributed by atoms with Gasteiger partial charge in [0.25, 0.3) is 0 Å². The van der Waals surface area contributed by atoms with Gasteiger partial charge in [-0.05, 0) is 18.2 Å². The fraction of sp³-hybridized carbons (Fsp3) is 0.167. The van der Waals surface area contributed by atoms with Gasteiger partial charge in [-0.3, -0.25) is 9.97 Å². The van der Waals surface area contributed by atoms with Crippen molar-refractivity contribution in [3.05, 3.63) is 49.1 Å². The standard InChI is InChI=1S/C18H16FN5OS/c1-24-16-4-5-20-11-15(16)14-2-3-17(23-18(14)24)22-12-8-13(10-21-9-12)25-6-7-26-19/h2-5,8-11H,6-7H2,1H3,(H,22,23). The highest BCUT2D eigenvalue weighted by Gasteiger charge is 2.10. The number of nitrogens with one attached hydrogen (secondary N) is 1. The molecular weight excluding hydrogens is 353 g/mol. The Morgan fingerprint density at radius 1 is 1.15 bits per heavy atom. The summed E-state index contributed by atoms with van der Waals surface area (Å²) < 4.78 is 19.6. The molecule has 0 bridgehead atoms. The summed E-state index contributed by atoms with van der Waals surface area (Å²) in [5.74, 6) is 1.57. The quantitative estimate of drug-likeness (QED) is 0.513. The maximum absolute atomic E-state index is 12.1. The molecule has 6 nitrogen and oxygen atoms in total. The molecule has 26 heavy (non-hydrogen) atoms. The van der Waals surface area contributed by atoms with E-state index in [4.69, 9.17) is 9.72 Å². The molecule has 0 saturated heterocycles. The van der Waals surface area contributed by atoms with Gasteiger partial charge in [0, 0.05) is 48.4 Å².